The van der Waals surface area contributed by atoms with Gasteiger partial charge in [0.05, 0.1) is 10.5 Å². The lowest BCUT2D eigenvalue weighted by molar-refractivity contribution is -0.385. The molecule has 0 aliphatic heterocycles. The van der Waals surface area contributed by atoms with Crippen molar-refractivity contribution in [3.63, 3.8) is 0 Å². The number of nitrogens with two attached hydrogens (primary N) is 1. The summed E-state index contributed by atoms with van der Waals surface area (Å²) in [6.45, 7) is 2.03. The Morgan fingerprint density at radius 2 is 2.18 bits per heavy atom. The molecule has 0 heterocycles. The third-order valence-corrected chi connectivity index (χ3v) is 2.48. The quantitative estimate of drug-likeness (QED) is 0.629. The zero-order valence-electron chi connectivity index (χ0n) is 9.63. The number of rotatable bonds is 5. The maximum atomic E-state index is 10.8. The van der Waals surface area contributed by atoms with Crippen molar-refractivity contribution in [1.29, 1.82) is 0 Å². The molecule has 1 rings (SSSR count). The summed E-state index contributed by atoms with van der Waals surface area (Å²) in [6.07, 6.45) is 2.58. The predicted octanol–water partition coefficient (Wildman–Crippen LogP) is 2.91. The molecule has 1 atom stereocenters. The standard InChI is InChI=1S/C11H16N2O3.ClH/c1-2-3-4-10(12)9-7-8(14)5-6-11(9)13(15)16;/h5-7,10,14H,2-4,12H2,1H3;1H/t10-;/m1./s1. The fraction of sp³-hybridized carbons (Fsp3) is 0.455. The highest BCUT2D eigenvalue weighted by molar-refractivity contribution is 5.85. The number of nitro benzene ring substituents is 1. The zero-order chi connectivity index (χ0) is 12.1. The first-order chi connectivity index (χ1) is 7.56. The van der Waals surface area contributed by atoms with E-state index in [9.17, 15) is 15.2 Å². The summed E-state index contributed by atoms with van der Waals surface area (Å²) in [5, 5.41) is 20.1. The van der Waals surface area contributed by atoms with Crippen molar-refractivity contribution in [2.75, 3.05) is 0 Å². The van der Waals surface area contributed by atoms with Crippen LogP contribution in [0.3, 0.4) is 0 Å². The van der Waals surface area contributed by atoms with Gasteiger partial charge in [-0.2, -0.15) is 0 Å². The summed E-state index contributed by atoms with van der Waals surface area (Å²) in [6, 6.07) is 3.57. The topological polar surface area (TPSA) is 89.4 Å². The molecule has 0 unspecified atom stereocenters. The highest BCUT2D eigenvalue weighted by Gasteiger charge is 2.19. The number of aromatic hydroxyl groups is 1. The van der Waals surface area contributed by atoms with Gasteiger partial charge in [0.1, 0.15) is 5.75 Å². The van der Waals surface area contributed by atoms with E-state index >= 15 is 0 Å². The number of nitrogens with zero attached hydrogens (tertiary/aromatic N) is 1. The third-order valence-electron chi connectivity index (χ3n) is 2.48. The molecule has 5 nitrogen and oxygen atoms in total. The van der Waals surface area contributed by atoms with Gasteiger partial charge in [-0.25, -0.2) is 0 Å². The Balaban J connectivity index is 0.00000256. The van der Waals surface area contributed by atoms with Crippen LogP contribution in [0.2, 0.25) is 0 Å². The molecule has 0 amide bonds. The molecule has 0 aliphatic rings. The zero-order valence-corrected chi connectivity index (χ0v) is 10.4. The van der Waals surface area contributed by atoms with Gasteiger partial charge < -0.3 is 10.8 Å². The van der Waals surface area contributed by atoms with E-state index in [1.807, 2.05) is 6.92 Å². The molecular weight excluding hydrogens is 244 g/mol. The fourth-order valence-corrected chi connectivity index (χ4v) is 1.58. The van der Waals surface area contributed by atoms with Gasteiger partial charge in [0.2, 0.25) is 0 Å². The Morgan fingerprint density at radius 1 is 1.53 bits per heavy atom. The van der Waals surface area contributed by atoms with Gasteiger partial charge >= 0.3 is 0 Å². The second-order valence-electron chi connectivity index (χ2n) is 3.75. The molecule has 17 heavy (non-hydrogen) atoms. The molecule has 3 N–H and O–H groups in total. The Morgan fingerprint density at radius 3 is 2.71 bits per heavy atom. The number of halogens is 1. The van der Waals surface area contributed by atoms with Gasteiger partial charge in [0, 0.05) is 12.1 Å². The van der Waals surface area contributed by atoms with E-state index in [4.69, 9.17) is 5.73 Å². The summed E-state index contributed by atoms with van der Waals surface area (Å²) >= 11 is 0. The summed E-state index contributed by atoms with van der Waals surface area (Å²) in [5.41, 5.74) is 6.25. The van der Waals surface area contributed by atoms with Crippen LogP contribution in [-0.4, -0.2) is 10.0 Å². The molecule has 1 aromatic carbocycles. The minimum Gasteiger partial charge on any atom is -0.508 e. The van der Waals surface area contributed by atoms with Crippen LogP contribution >= 0.6 is 12.4 Å². The van der Waals surface area contributed by atoms with Crippen LogP contribution in [0, 0.1) is 10.1 Å². The first kappa shape index (κ1) is 15.7. The average Bonchev–Trinajstić information content (AvgIpc) is 2.25. The van der Waals surface area contributed by atoms with Crippen molar-refractivity contribution in [1.82, 2.24) is 0 Å². The van der Waals surface area contributed by atoms with Crippen molar-refractivity contribution >= 4 is 18.1 Å². The van der Waals surface area contributed by atoms with Gasteiger partial charge in [-0.05, 0) is 18.6 Å². The normalized spacial score (nSPS) is 11.6. The van der Waals surface area contributed by atoms with E-state index in [1.54, 1.807) is 0 Å². The van der Waals surface area contributed by atoms with Crippen LogP contribution in [0.4, 0.5) is 5.69 Å². The van der Waals surface area contributed by atoms with Gasteiger partial charge in [-0.1, -0.05) is 19.8 Å². The lowest BCUT2D eigenvalue weighted by atomic mass is 10.00. The fourth-order valence-electron chi connectivity index (χ4n) is 1.58. The molecule has 0 aliphatic carbocycles. The van der Waals surface area contributed by atoms with Crippen molar-refractivity contribution in [2.24, 2.45) is 5.73 Å². The Bertz CT molecular complexity index is 385. The first-order valence-corrected chi connectivity index (χ1v) is 5.29. The lowest BCUT2D eigenvalue weighted by Crippen LogP contribution is -2.12. The number of nitro groups is 1. The van der Waals surface area contributed by atoms with Gasteiger partial charge in [0.25, 0.3) is 5.69 Å². The van der Waals surface area contributed by atoms with Crippen LogP contribution in [0.15, 0.2) is 18.2 Å². The molecule has 96 valence electrons. The summed E-state index contributed by atoms with van der Waals surface area (Å²) in [7, 11) is 0. The number of unbranched alkanes of at least 4 members (excludes halogenated alkanes) is 1. The monoisotopic (exact) mass is 260 g/mol. The number of hydrogen-bond donors (Lipinski definition) is 2. The third kappa shape index (κ3) is 4.20. The number of hydrogen-bond acceptors (Lipinski definition) is 4. The molecule has 1 aromatic rings. The van der Waals surface area contributed by atoms with E-state index in [-0.39, 0.29) is 23.8 Å². The summed E-state index contributed by atoms with van der Waals surface area (Å²) in [5.74, 6) is 0.00699. The minimum atomic E-state index is -0.472. The van der Waals surface area contributed by atoms with Crippen LogP contribution in [0.25, 0.3) is 0 Å². The second kappa shape index (κ2) is 7.09. The van der Waals surface area contributed by atoms with Crippen LogP contribution in [0.5, 0.6) is 5.75 Å². The van der Waals surface area contributed by atoms with Gasteiger partial charge in [-0.3, -0.25) is 10.1 Å². The summed E-state index contributed by atoms with van der Waals surface area (Å²) in [4.78, 5) is 10.3. The van der Waals surface area contributed by atoms with Crippen molar-refractivity contribution < 1.29 is 10.0 Å². The highest BCUT2D eigenvalue weighted by Crippen LogP contribution is 2.29. The van der Waals surface area contributed by atoms with Crippen LogP contribution in [0.1, 0.15) is 37.8 Å². The van der Waals surface area contributed by atoms with Crippen LogP contribution in [-0.2, 0) is 0 Å². The molecule has 0 saturated heterocycles. The van der Waals surface area contributed by atoms with Gasteiger partial charge in [-0.15, -0.1) is 12.4 Å². The summed E-state index contributed by atoms with van der Waals surface area (Å²) < 4.78 is 0. The Labute approximate surface area is 106 Å². The van der Waals surface area contributed by atoms with E-state index in [2.05, 4.69) is 0 Å². The van der Waals surface area contributed by atoms with Crippen molar-refractivity contribution in [3.8, 4) is 5.75 Å². The van der Waals surface area contributed by atoms with Crippen molar-refractivity contribution in [2.45, 2.75) is 32.2 Å². The SMILES string of the molecule is CCCC[C@@H](N)c1cc(O)ccc1[N+](=O)[O-].Cl. The largest absolute Gasteiger partial charge is 0.508 e. The molecule has 0 bridgehead atoms. The second-order valence-corrected chi connectivity index (χ2v) is 3.75. The Kier molecular flexibility index (Phi) is 6.53. The predicted molar refractivity (Wildman–Crippen MR) is 68.5 cm³/mol. The van der Waals surface area contributed by atoms with E-state index < -0.39 is 11.0 Å². The molecule has 0 radical (unpaired) electrons. The number of benzene rings is 1. The first-order valence-electron chi connectivity index (χ1n) is 5.29. The van der Waals surface area contributed by atoms with Crippen LogP contribution < -0.4 is 5.73 Å². The van der Waals surface area contributed by atoms with E-state index in [1.165, 1.54) is 18.2 Å². The average molecular weight is 261 g/mol. The van der Waals surface area contributed by atoms with Crippen molar-refractivity contribution in [3.05, 3.63) is 33.9 Å². The maximum absolute atomic E-state index is 10.8. The molecular formula is C11H17ClN2O3. The number of phenolic OH excluding ortho intramolecular Hbond substituents is 1. The molecule has 0 aromatic heterocycles. The number of phenols is 1. The van der Waals surface area contributed by atoms with E-state index in [0.29, 0.717) is 12.0 Å². The minimum absolute atomic E-state index is 0. The molecule has 0 fully saturated rings. The highest BCUT2D eigenvalue weighted by atomic mass is 35.5. The molecule has 6 heteroatoms. The smallest absolute Gasteiger partial charge is 0.274 e. The maximum Gasteiger partial charge on any atom is 0.274 e. The molecule has 0 saturated carbocycles. The Hall–Kier alpha value is -1.33. The molecule has 0 spiro atoms. The lowest BCUT2D eigenvalue weighted by Gasteiger charge is -2.11. The van der Waals surface area contributed by atoms with Gasteiger partial charge in [0.15, 0.2) is 0 Å². The van der Waals surface area contributed by atoms with E-state index in [0.717, 1.165) is 12.8 Å².